The fraction of sp³-hybridized carbons (Fsp3) is 0.312. The number of nitrogens with zero attached hydrogens (tertiary/aromatic N) is 1. The Morgan fingerprint density at radius 3 is 2.50 bits per heavy atom. The molecule has 2 N–H and O–H groups in total. The standard InChI is InChI=1S/C16H19N3O2S/c1-11-3-5-13(6-4-11)16-19-14(10-22-16)9-15(21)18-8-7-17-12(2)20/h3-6,10H,7-9H2,1-2H3,(H,17,20)(H,18,21). The molecule has 0 atom stereocenters. The van der Waals surface area contributed by atoms with E-state index in [0.717, 1.165) is 16.3 Å². The van der Waals surface area contributed by atoms with E-state index in [1.165, 1.54) is 23.8 Å². The Hall–Kier alpha value is -2.21. The lowest BCUT2D eigenvalue weighted by molar-refractivity contribution is -0.121. The number of carbonyl (C=O) groups excluding carboxylic acids is 2. The van der Waals surface area contributed by atoms with Crippen LogP contribution in [0.5, 0.6) is 0 Å². The maximum atomic E-state index is 11.8. The molecule has 0 unspecified atom stereocenters. The topological polar surface area (TPSA) is 71.1 Å². The molecule has 0 bridgehead atoms. The van der Waals surface area contributed by atoms with Crippen molar-refractivity contribution in [1.29, 1.82) is 0 Å². The van der Waals surface area contributed by atoms with Crippen LogP contribution in [0, 0.1) is 6.92 Å². The molecule has 0 saturated carbocycles. The molecule has 0 spiro atoms. The highest BCUT2D eigenvalue weighted by molar-refractivity contribution is 7.13. The second-order valence-electron chi connectivity index (χ2n) is 5.02. The van der Waals surface area contributed by atoms with Gasteiger partial charge in [0.2, 0.25) is 11.8 Å². The molecule has 22 heavy (non-hydrogen) atoms. The second kappa shape index (κ2) is 7.70. The van der Waals surface area contributed by atoms with Gasteiger partial charge in [-0.05, 0) is 6.92 Å². The SMILES string of the molecule is CC(=O)NCCNC(=O)Cc1csc(-c2ccc(C)cc2)n1. The van der Waals surface area contributed by atoms with Gasteiger partial charge in [0.1, 0.15) is 5.01 Å². The van der Waals surface area contributed by atoms with E-state index in [1.54, 1.807) is 0 Å². The van der Waals surface area contributed by atoms with Crippen molar-refractivity contribution in [2.45, 2.75) is 20.3 Å². The zero-order valence-corrected chi connectivity index (χ0v) is 13.5. The normalized spacial score (nSPS) is 10.3. The zero-order chi connectivity index (χ0) is 15.9. The molecular formula is C16H19N3O2S. The first-order valence-corrected chi connectivity index (χ1v) is 7.95. The molecule has 116 valence electrons. The highest BCUT2D eigenvalue weighted by Crippen LogP contribution is 2.24. The summed E-state index contributed by atoms with van der Waals surface area (Å²) < 4.78 is 0. The van der Waals surface area contributed by atoms with E-state index in [0.29, 0.717) is 13.1 Å². The molecule has 0 aliphatic rings. The summed E-state index contributed by atoms with van der Waals surface area (Å²) in [5, 5.41) is 8.20. The van der Waals surface area contributed by atoms with Crippen LogP contribution in [0.25, 0.3) is 10.6 Å². The van der Waals surface area contributed by atoms with E-state index in [-0.39, 0.29) is 18.2 Å². The predicted octanol–water partition coefficient (Wildman–Crippen LogP) is 1.91. The Balaban J connectivity index is 1.85. The van der Waals surface area contributed by atoms with Gasteiger partial charge in [-0.1, -0.05) is 29.8 Å². The summed E-state index contributed by atoms with van der Waals surface area (Å²) in [6.45, 7) is 4.35. The molecule has 1 aromatic heterocycles. The van der Waals surface area contributed by atoms with Crippen LogP contribution < -0.4 is 10.6 Å². The third-order valence-electron chi connectivity index (χ3n) is 3.01. The van der Waals surface area contributed by atoms with Gasteiger partial charge in [-0.2, -0.15) is 0 Å². The van der Waals surface area contributed by atoms with Gasteiger partial charge in [0.25, 0.3) is 0 Å². The van der Waals surface area contributed by atoms with E-state index >= 15 is 0 Å². The van der Waals surface area contributed by atoms with Crippen LogP contribution in [0.1, 0.15) is 18.2 Å². The molecule has 2 rings (SSSR count). The van der Waals surface area contributed by atoms with Crippen LogP contribution in [0.3, 0.4) is 0 Å². The number of hydrogen-bond donors (Lipinski definition) is 2. The average Bonchev–Trinajstić information content (AvgIpc) is 2.92. The first-order valence-electron chi connectivity index (χ1n) is 7.07. The Kier molecular flexibility index (Phi) is 5.66. The number of aromatic nitrogens is 1. The lowest BCUT2D eigenvalue weighted by Gasteiger charge is -2.04. The fourth-order valence-electron chi connectivity index (χ4n) is 1.88. The minimum atomic E-state index is -0.100. The largest absolute Gasteiger partial charge is 0.355 e. The van der Waals surface area contributed by atoms with Crippen molar-refractivity contribution in [3.8, 4) is 10.6 Å². The van der Waals surface area contributed by atoms with Crippen LogP contribution in [-0.4, -0.2) is 29.9 Å². The third-order valence-corrected chi connectivity index (χ3v) is 3.95. The van der Waals surface area contributed by atoms with Gasteiger partial charge in [0, 0.05) is 31.0 Å². The van der Waals surface area contributed by atoms with E-state index in [1.807, 2.05) is 36.6 Å². The van der Waals surface area contributed by atoms with Crippen molar-refractivity contribution in [1.82, 2.24) is 15.6 Å². The number of hydrogen-bond acceptors (Lipinski definition) is 4. The summed E-state index contributed by atoms with van der Waals surface area (Å²) in [6.07, 6.45) is 0.252. The summed E-state index contributed by atoms with van der Waals surface area (Å²) >= 11 is 1.53. The summed E-state index contributed by atoms with van der Waals surface area (Å²) in [7, 11) is 0. The first-order chi connectivity index (χ1) is 10.5. The average molecular weight is 317 g/mol. The molecule has 0 saturated heterocycles. The number of amides is 2. The van der Waals surface area contributed by atoms with Gasteiger partial charge in [0.15, 0.2) is 0 Å². The maximum Gasteiger partial charge on any atom is 0.226 e. The summed E-state index contributed by atoms with van der Waals surface area (Å²) in [5.74, 6) is -0.192. The van der Waals surface area contributed by atoms with Gasteiger partial charge in [0.05, 0.1) is 12.1 Å². The number of thiazole rings is 1. The summed E-state index contributed by atoms with van der Waals surface area (Å²) in [5.41, 5.74) is 3.03. The lowest BCUT2D eigenvalue weighted by Crippen LogP contribution is -2.34. The Morgan fingerprint density at radius 2 is 1.82 bits per heavy atom. The Bertz CT molecular complexity index is 650. The number of nitrogens with one attached hydrogen (secondary N) is 2. The van der Waals surface area contributed by atoms with Crippen LogP contribution in [-0.2, 0) is 16.0 Å². The molecule has 2 aromatic rings. The van der Waals surface area contributed by atoms with Crippen LogP contribution >= 0.6 is 11.3 Å². The molecular weight excluding hydrogens is 298 g/mol. The van der Waals surface area contributed by atoms with Crippen LogP contribution in [0.4, 0.5) is 0 Å². The molecule has 6 heteroatoms. The monoisotopic (exact) mass is 317 g/mol. The number of aryl methyl sites for hydroxylation is 1. The van der Waals surface area contributed by atoms with E-state index in [9.17, 15) is 9.59 Å². The second-order valence-corrected chi connectivity index (χ2v) is 5.88. The van der Waals surface area contributed by atoms with E-state index < -0.39 is 0 Å². The highest BCUT2D eigenvalue weighted by Gasteiger charge is 2.08. The molecule has 0 radical (unpaired) electrons. The van der Waals surface area contributed by atoms with E-state index in [4.69, 9.17) is 0 Å². The van der Waals surface area contributed by atoms with Crippen molar-refractivity contribution in [3.63, 3.8) is 0 Å². The van der Waals surface area contributed by atoms with Gasteiger partial charge >= 0.3 is 0 Å². The third kappa shape index (κ3) is 4.96. The molecule has 0 aliphatic carbocycles. The van der Waals surface area contributed by atoms with Crippen molar-refractivity contribution >= 4 is 23.2 Å². The first kappa shape index (κ1) is 16.2. The Labute approximate surface area is 133 Å². The molecule has 5 nitrogen and oxygen atoms in total. The Morgan fingerprint density at radius 1 is 1.14 bits per heavy atom. The van der Waals surface area contributed by atoms with E-state index in [2.05, 4.69) is 15.6 Å². The van der Waals surface area contributed by atoms with Gasteiger partial charge in [-0.25, -0.2) is 4.98 Å². The quantitative estimate of drug-likeness (QED) is 0.800. The maximum absolute atomic E-state index is 11.8. The van der Waals surface area contributed by atoms with Crippen LogP contribution in [0.15, 0.2) is 29.6 Å². The summed E-state index contributed by atoms with van der Waals surface area (Å²) in [6, 6.07) is 8.16. The fourth-order valence-corrected chi connectivity index (χ4v) is 2.71. The molecule has 2 amide bonds. The van der Waals surface area contributed by atoms with Crippen LogP contribution in [0.2, 0.25) is 0 Å². The highest BCUT2D eigenvalue weighted by atomic mass is 32.1. The minimum Gasteiger partial charge on any atom is -0.355 e. The predicted molar refractivity (Wildman–Crippen MR) is 87.7 cm³/mol. The van der Waals surface area contributed by atoms with Crippen molar-refractivity contribution in [2.24, 2.45) is 0 Å². The molecule has 1 aromatic carbocycles. The van der Waals surface area contributed by atoms with Gasteiger partial charge in [-0.15, -0.1) is 11.3 Å². The zero-order valence-electron chi connectivity index (χ0n) is 12.7. The minimum absolute atomic E-state index is 0.0916. The summed E-state index contributed by atoms with van der Waals surface area (Å²) in [4.78, 5) is 27.0. The number of benzene rings is 1. The number of rotatable bonds is 6. The number of carbonyl (C=O) groups is 2. The molecule has 0 fully saturated rings. The smallest absolute Gasteiger partial charge is 0.226 e. The lowest BCUT2D eigenvalue weighted by atomic mass is 10.2. The van der Waals surface area contributed by atoms with Gasteiger partial charge < -0.3 is 10.6 Å². The van der Waals surface area contributed by atoms with Gasteiger partial charge in [-0.3, -0.25) is 9.59 Å². The van der Waals surface area contributed by atoms with Crippen molar-refractivity contribution in [2.75, 3.05) is 13.1 Å². The molecule has 0 aliphatic heterocycles. The molecule has 1 heterocycles. The van der Waals surface area contributed by atoms with Crippen molar-refractivity contribution < 1.29 is 9.59 Å². The van der Waals surface area contributed by atoms with Crippen molar-refractivity contribution in [3.05, 3.63) is 40.9 Å².